The summed E-state index contributed by atoms with van der Waals surface area (Å²) in [6.07, 6.45) is 1.52. The fourth-order valence-corrected chi connectivity index (χ4v) is 4.05. The Morgan fingerprint density at radius 1 is 0.875 bits per heavy atom. The average molecular weight is 447 g/mol. The Morgan fingerprint density at radius 2 is 1.59 bits per heavy atom. The van der Waals surface area contributed by atoms with Crippen molar-refractivity contribution in [2.75, 3.05) is 24.9 Å². The highest BCUT2D eigenvalue weighted by molar-refractivity contribution is 7.99. The molecule has 0 saturated heterocycles. The van der Waals surface area contributed by atoms with Gasteiger partial charge < -0.3 is 20.1 Å². The number of nitrogens with one attached hydrogen (secondary N) is 2. The summed E-state index contributed by atoms with van der Waals surface area (Å²) < 4.78 is 10.8. The highest BCUT2D eigenvalue weighted by Gasteiger charge is 2.12. The number of fused-ring (bicyclic) bond motifs is 1. The molecule has 0 aliphatic rings. The number of anilines is 2. The number of carbonyl (C=O) groups excluding carboxylic acids is 1. The Balaban J connectivity index is 1.53. The number of amides is 2. The molecule has 4 rings (SSSR count). The smallest absolute Gasteiger partial charge is 0.323 e. The zero-order chi connectivity index (χ0) is 22.5. The number of nitrogens with zero attached hydrogens (tertiary/aromatic N) is 2. The van der Waals surface area contributed by atoms with E-state index in [2.05, 4.69) is 20.6 Å². The van der Waals surface area contributed by atoms with E-state index >= 15 is 0 Å². The molecule has 0 unspecified atom stereocenters. The van der Waals surface area contributed by atoms with Gasteiger partial charge in [0.2, 0.25) is 0 Å². The monoisotopic (exact) mass is 446 g/mol. The molecule has 8 heteroatoms. The van der Waals surface area contributed by atoms with Gasteiger partial charge in [-0.1, -0.05) is 35.5 Å². The maximum atomic E-state index is 12.4. The van der Waals surface area contributed by atoms with E-state index in [-0.39, 0.29) is 6.03 Å². The van der Waals surface area contributed by atoms with E-state index in [0.29, 0.717) is 17.2 Å². The minimum atomic E-state index is -0.305. The molecular weight excluding hydrogens is 424 g/mol. The maximum absolute atomic E-state index is 12.4. The number of urea groups is 1. The van der Waals surface area contributed by atoms with Crippen LogP contribution in [0, 0.1) is 6.92 Å². The van der Waals surface area contributed by atoms with Crippen LogP contribution < -0.4 is 20.1 Å². The maximum Gasteiger partial charge on any atom is 0.323 e. The summed E-state index contributed by atoms with van der Waals surface area (Å²) in [5.74, 6) is 1.22. The predicted octanol–water partition coefficient (Wildman–Crippen LogP) is 5.75. The zero-order valence-electron chi connectivity index (χ0n) is 17.9. The van der Waals surface area contributed by atoms with Crippen molar-refractivity contribution in [2.24, 2.45) is 0 Å². The van der Waals surface area contributed by atoms with Crippen molar-refractivity contribution in [2.45, 2.75) is 16.8 Å². The molecule has 0 aliphatic heterocycles. The van der Waals surface area contributed by atoms with Gasteiger partial charge in [0, 0.05) is 27.7 Å². The topological polar surface area (TPSA) is 85.4 Å². The number of rotatable bonds is 6. The van der Waals surface area contributed by atoms with Crippen LogP contribution in [0.25, 0.3) is 10.9 Å². The fourth-order valence-electron chi connectivity index (χ4n) is 3.12. The molecule has 32 heavy (non-hydrogen) atoms. The molecule has 0 aliphatic carbocycles. The van der Waals surface area contributed by atoms with Crippen LogP contribution in [-0.4, -0.2) is 30.2 Å². The van der Waals surface area contributed by atoms with E-state index in [1.807, 2.05) is 67.6 Å². The predicted molar refractivity (Wildman–Crippen MR) is 127 cm³/mol. The van der Waals surface area contributed by atoms with Crippen molar-refractivity contribution in [3.63, 3.8) is 0 Å². The Hall–Kier alpha value is -3.78. The van der Waals surface area contributed by atoms with Crippen molar-refractivity contribution < 1.29 is 14.3 Å². The molecule has 1 aromatic heterocycles. The summed E-state index contributed by atoms with van der Waals surface area (Å²) in [5, 5.41) is 7.33. The molecule has 162 valence electrons. The molecule has 1 heterocycles. The van der Waals surface area contributed by atoms with Gasteiger partial charge in [0.25, 0.3) is 0 Å². The molecule has 2 N–H and O–H groups in total. The molecule has 0 saturated carbocycles. The van der Waals surface area contributed by atoms with Crippen LogP contribution in [0.2, 0.25) is 0 Å². The minimum Gasteiger partial charge on any atom is -0.493 e. The molecule has 0 bridgehead atoms. The lowest BCUT2D eigenvalue weighted by atomic mass is 10.2. The standard InChI is InChI=1S/C24H22N4O3S/c1-15-7-9-16(10-8-15)27-24(29)28-17-5-4-6-18(11-17)32-23-19-12-21(30-2)22(31-3)13-20(19)25-14-26-23/h4-14H,1-3H3,(H2,27,28,29). The second kappa shape index (κ2) is 9.57. The Bertz CT molecular complexity index is 1260. The van der Waals surface area contributed by atoms with E-state index in [0.717, 1.165) is 32.1 Å². The van der Waals surface area contributed by atoms with Crippen LogP contribution >= 0.6 is 11.8 Å². The van der Waals surface area contributed by atoms with Gasteiger partial charge in [0.05, 0.1) is 19.7 Å². The number of benzene rings is 3. The molecule has 3 aromatic carbocycles. The molecule has 0 spiro atoms. The number of ether oxygens (including phenoxy) is 2. The van der Waals surface area contributed by atoms with Gasteiger partial charge in [-0.2, -0.15) is 0 Å². The van der Waals surface area contributed by atoms with Crippen molar-refractivity contribution >= 4 is 40.1 Å². The first kappa shape index (κ1) is 21.5. The molecule has 0 atom stereocenters. The largest absolute Gasteiger partial charge is 0.493 e. The first-order valence-electron chi connectivity index (χ1n) is 9.85. The third kappa shape index (κ3) is 4.92. The molecule has 7 nitrogen and oxygen atoms in total. The van der Waals surface area contributed by atoms with Crippen molar-refractivity contribution in [3.05, 3.63) is 72.6 Å². The molecule has 2 amide bonds. The lowest BCUT2D eigenvalue weighted by Gasteiger charge is -2.11. The fraction of sp³-hybridized carbons (Fsp3) is 0.125. The van der Waals surface area contributed by atoms with Gasteiger partial charge in [-0.25, -0.2) is 14.8 Å². The van der Waals surface area contributed by atoms with Gasteiger partial charge in [-0.3, -0.25) is 0 Å². The first-order chi connectivity index (χ1) is 15.6. The van der Waals surface area contributed by atoms with Crippen molar-refractivity contribution in [1.82, 2.24) is 9.97 Å². The number of methoxy groups -OCH3 is 2. The van der Waals surface area contributed by atoms with Gasteiger partial charge in [0.1, 0.15) is 11.4 Å². The minimum absolute atomic E-state index is 0.305. The van der Waals surface area contributed by atoms with Crippen molar-refractivity contribution in [1.29, 1.82) is 0 Å². The highest BCUT2D eigenvalue weighted by Crippen LogP contribution is 2.37. The van der Waals surface area contributed by atoms with E-state index in [1.165, 1.54) is 18.1 Å². The van der Waals surface area contributed by atoms with Crippen LogP contribution in [-0.2, 0) is 0 Å². The van der Waals surface area contributed by atoms with E-state index < -0.39 is 0 Å². The molecule has 0 radical (unpaired) electrons. The number of hydrogen-bond donors (Lipinski definition) is 2. The quantitative estimate of drug-likeness (QED) is 0.367. The summed E-state index contributed by atoms with van der Waals surface area (Å²) in [7, 11) is 3.19. The van der Waals surface area contributed by atoms with E-state index in [1.54, 1.807) is 14.2 Å². The van der Waals surface area contributed by atoms with Crippen LogP contribution in [0.5, 0.6) is 11.5 Å². The third-order valence-electron chi connectivity index (χ3n) is 4.72. The number of hydrogen-bond acceptors (Lipinski definition) is 6. The van der Waals surface area contributed by atoms with Crippen LogP contribution in [0.4, 0.5) is 16.2 Å². The summed E-state index contributed by atoms with van der Waals surface area (Å²) in [4.78, 5) is 22.1. The van der Waals surface area contributed by atoms with E-state index in [9.17, 15) is 4.79 Å². The zero-order valence-corrected chi connectivity index (χ0v) is 18.7. The third-order valence-corrected chi connectivity index (χ3v) is 5.73. The highest BCUT2D eigenvalue weighted by atomic mass is 32.2. The summed E-state index contributed by atoms with van der Waals surface area (Å²) in [6.45, 7) is 2.00. The Morgan fingerprint density at radius 3 is 2.34 bits per heavy atom. The first-order valence-corrected chi connectivity index (χ1v) is 10.7. The van der Waals surface area contributed by atoms with E-state index in [4.69, 9.17) is 9.47 Å². The van der Waals surface area contributed by atoms with Crippen LogP contribution in [0.3, 0.4) is 0 Å². The van der Waals surface area contributed by atoms with Gasteiger partial charge >= 0.3 is 6.03 Å². The Labute approximate surface area is 190 Å². The van der Waals surface area contributed by atoms with Crippen molar-refractivity contribution in [3.8, 4) is 11.5 Å². The number of aromatic nitrogens is 2. The molecule has 0 fully saturated rings. The normalized spacial score (nSPS) is 10.6. The Kier molecular flexibility index (Phi) is 6.42. The SMILES string of the molecule is COc1cc2ncnc(Sc3cccc(NC(=O)Nc4ccc(C)cc4)c3)c2cc1OC. The summed E-state index contributed by atoms with van der Waals surface area (Å²) >= 11 is 1.48. The summed E-state index contributed by atoms with van der Waals surface area (Å²) in [5.41, 5.74) is 3.30. The average Bonchev–Trinajstić information content (AvgIpc) is 2.80. The van der Waals surface area contributed by atoms with Crippen LogP contribution in [0.15, 0.2) is 76.9 Å². The van der Waals surface area contributed by atoms with Gasteiger partial charge in [-0.15, -0.1) is 0 Å². The second-order valence-electron chi connectivity index (χ2n) is 6.98. The molecular formula is C24H22N4O3S. The summed E-state index contributed by atoms with van der Waals surface area (Å²) in [6, 6.07) is 18.6. The molecule has 4 aromatic rings. The lowest BCUT2D eigenvalue weighted by molar-refractivity contribution is 0.262. The number of carbonyl (C=O) groups is 1. The number of aryl methyl sites for hydroxylation is 1. The van der Waals surface area contributed by atoms with Crippen LogP contribution in [0.1, 0.15) is 5.56 Å². The lowest BCUT2D eigenvalue weighted by Crippen LogP contribution is -2.19. The second-order valence-corrected chi connectivity index (χ2v) is 8.04. The van der Waals surface area contributed by atoms with Gasteiger partial charge in [0.15, 0.2) is 11.5 Å². The van der Waals surface area contributed by atoms with Gasteiger partial charge in [-0.05, 0) is 43.3 Å².